The highest BCUT2D eigenvalue weighted by Crippen LogP contribution is 2.11. The molecule has 1 rings (SSSR count). The highest BCUT2D eigenvalue weighted by atomic mass is 16.6. The lowest BCUT2D eigenvalue weighted by Gasteiger charge is -2.31. The average molecular weight is 272 g/mol. The van der Waals surface area contributed by atoms with E-state index in [1.165, 1.54) is 7.11 Å². The van der Waals surface area contributed by atoms with E-state index >= 15 is 0 Å². The number of ether oxygens (including phenoxy) is 2. The molecule has 1 aliphatic heterocycles. The van der Waals surface area contributed by atoms with E-state index in [2.05, 4.69) is 12.2 Å². The number of likely N-dealkylation sites (tertiary alicyclic amines) is 1. The first-order valence-electron chi connectivity index (χ1n) is 6.87. The molecule has 6 heteroatoms. The van der Waals surface area contributed by atoms with Crippen LogP contribution < -0.4 is 5.32 Å². The SMILES string of the molecule is CCCCOC(=O)N1CCC(NC(=O)COC)CC1. The Morgan fingerprint density at radius 1 is 1.32 bits per heavy atom. The summed E-state index contributed by atoms with van der Waals surface area (Å²) in [5.41, 5.74) is 0. The zero-order valence-corrected chi connectivity index (χ0v) is 11.8. The summed E-state index contributed by atoms with van der Waals surface area (Å²) in [6, 6.07) is 0.127. The van der Waals surface area contributed by atoms with Crippen molar-refractivity contribution in [2.45, 2.75) is 38.6 Å². The van der Waals surface area contributed by atoms with Gasteiger partial charge in [-0.15, -0.1) is 0 Å². The van der Waals surface area contributed by atoms with Gasteiger partial charge in [-0.3, -0.25) is 4.79 Å². The molecule has 0 aromatic carbocycles. The van der Waals surface area contributed by atoms with Gasteiger partial charge in [-0.25, -0.2) is 4.79 Å². The summed E-state index contributed by atoms with van der Waals surface area (Å²) in [5, 5.41) is 2.89. The first-order valence-corrected chi connectivity index (χ1v) is 6.87. The Hall–Kier alpha value is -1.30. The molecule has 1 heterocycles. The Kier molecular flexibility index (Phi) is 7.25. The number of hydrogen-bond acceptors (Lipinski definition) is 4. The third-order valence-corrected chi connectivity index (χ3v) is 3.12. The van der Waals surface area contributed by atoms with Crippen molar-refractivity contribution in [3.05, 3.63) is 0 Å². The number of rotatable bonds is 6. The van der Waals surface area contributed by atoms with Gasteiger partial charge in [0.25, 0.3) is 0 Å². The summed E-state index contributed by atoms with van der Waals surface area (Å²) in [6.45, 7) is 3.88. The van der Waals surface area contributed by atoms with Crippen LogP contribution in [0.15, 0.2) is 0 Å². The van der Waals surface area contributed by atoms with E-state index in [4.69, 9.17) is 9.47 Å². The number of amides is 2. The number of methoxy groups -OCH3 is 1. The Labute approximate surface area is 114 Å². The Bertz CT molecular complexity index is 288. The maximum Gasteiger partial charge on any atom is 0.409 e. The minimum absolute atomic E-state index is 0.0826. The number of piperidine rings is 1. The molecule has 1 N–H and O–H groups in total. The standard InChI is InChI=1S/C13H24N2O4/c1-3-4-9-19-13(17)15-7-5-11(6-8-15)14-12(16)10-18-2/h11H,3-10H2,1-2H3,(H,14,16). The van der Waals surface area contributed by atoms with Crippen LogP contribution in [-0.4, -0.2) is 56.4 Å². The van der Waals surface area contributed by atoms with Gasteiger partial charge < -0.3 is 19.7 Å². The zero-order chi connectivity index (χ0) is 14.1. The molecule has 1 fully saturated rings. The molecule has 1 saturated heterocycles. The molecule has 1 aliphatic rings. The summed E-state index contributed by atoms with van der Waals surface area (Å²) < 4.78 is 9.92. The highest BCUT2D eigenvalue weighted by molar-refractivity contribution is 5.77. The first-order chi connectivity index (χ1) is 9.17. The largest absolute Gasteiger partial charge is 0.449 e. The zero-order valence-electron chi connectivity index (χ0n) is 11.8. The van der Waals surface area contributed by atoms with Crippen molar-refractivity contribution in [3.63, 3.8) is 0 Å². The molecule has 0 unspecified atom stereocenters. The van der Waals surface area contributed by atoms with Gasteiger partial charge >= 0.3 is 6.09 Å². The second-order valence-electron chi connectivity index (χ2n) is 4.73. The van der Waals surface area contributed by atoms with Gasteiger partial charge in [-0.05, 0) is 19.3 Å². The van der Waals surface area contributed by atoms with Gasteiger partial charge in [0.1, 0.15) is 6.61 Å². The molecule has 0 saturated carbocycles. The molecular formula is C13H24N2O4. The highest BCUT2D eigenvalue weighted by Gasteiger charge is 2.24. The maximum absolute atomic E-state index is 11.7. The van der Waals surface area contributed by atoms with Crippen LogP contribution in [0.5, 0.6) is 0 Å². The van der Waals surface area contributed by atoms with E-state index in [9.17, 15) is 9.59 Å². The molecule has 0 bridgehead atoms. The number of hydrogen-bond donors (Lipinski definition) is 1. The third-order valence-electron chi connectivity index (χ3n) is 3.12. The van der Waals surface area contributed by atoms with Crippen LogP contribution in [0.4, 0.5) is 4.79 Å². The predicted octanol–water partition coefficient (Wildman–Crippen LogP) is 1.15. The molecular weight excluding hydrogens is 248 g/mol. The number of carbonyl (C=O) groups is 2. The number of unbranched alkanes of at least 4 members (excludes halogenated alkanes) is 1. The summed E-state index contributed by atoms with van der Waals surface area (Å²) >= 11 is 0. The van der Waals surface area contributed by atoms with Crippen molar-refractivity contribution in [2.24, 2.45) is 0 Å². The van der Waals surface area contributed by atoms with E-state index in [0.29, 0.717) is 19.7 Å². The second kappa shape index (κ2) is 8.74. The van der Waals surface area contributed by atoms with E-state index < -0.39 is 0 Å². The third kappa shape index (κ3) is 5.92. The summed E-state index contributed by atoms with van der Waals surface area (Å²) in [5.74, 6) is -0.105. The van der Waals surface area contributed by atoms with Crippen LogP contribution in [0.3, 0.4) is 0 Å². The van der Waals surface area contributed by atoms with Gasteiger partial charge in [0.05, 0.1) is 6.61 Å². The predicted molar refractivity (Wildman–Crippen MR) is 70.9 cm³/mol. The van der Waals surface area contributed by atoms with Crippen LogP contribution in [0.1, 0.15) is 32.6 Å². The molecule has 0 aromatic heterocycles. The molecule has 2 amide bonds. The number of nitrogens with one attached hydrogen (secondary N) is 1. The van der Waals surface area contributed by atoms with Crippen LogP contribution in [0.2, 0.25) is 0 Å². The molecule has 0 aromatic rings. The van der Waals surface area contributed by atoms with Crippen LogP contribution in [0.25, 0.3) is 0 Å². The van der Waals surface area contributed by atoms with Crippen molar-refractivity contribution < 1.29 is 19.1 Å². The lowest BCUT2D eigenvalue weighted by Crippen LogP contribution is -2.47. The van der Waals surface area contributed by atoms with Crippen LogP contribution in [0, 0.1) is 0 Å². The molecule has 0 radical (unpaired) electrons. The van der Waals surface area contributed by atoms with E-state index in [0.717, 1.165) is 25.7 Å². The van der Waals surface area contributed by atoms with E-state index in [1.807, 2.05) is 0 Å². The van der Waals surface area contributed by atoms with Crippen molar-refractivity contribution >= 4 is 12.0 Å². The molecule has 19 heavy (non-hydrogen) atoms. The van der Waals surface area contributed by atoms with Gasteiger partial charge in [-0.2, -0.15) is 0 Å². The van der Waals surface area contributed by atoms with Gasteiger partial charge in [0.15, 0.2) is 0 Å². The van der Waals surface area contributed by atoms with E-state index in [-0.39, 0.29) is 24.6 Å². The number of carbonyl (C=O) groups excluding carboxylic acids is 2. The van der Waals surface area contributed by atoms with Gasteiger partial charge in [0, 0.05) is 26.2 Å². The Balaban J connectivity index is 2.21. The summed E-state index contributed by atoms with van der Waals surface area (Å²) in [4.78, 5) is 24.8. The van der Waals surface area contributed by atoms with Crippen molar-refractivity contribution in [1.82, 2.24) is 10.2 Å². The topological polar surface area (TPSA) is 67.9 Å². The summed E-state index contributed by atoms with van der Waals surface area (Å²) in [6.07, 6.45) is 3.20. The molecule has 0 atom stereocenters. The smallest absolute Gasteiger partial charge is 0.409 e. The molecule has 0 spiro atoms. The quantitative estimate of drug-likeness (QED) is 0.737. The monoisotopic (exact) mass is 272 g/mol. The average Bonchev–Trinajstić information content (AvgIpc) is 2.40. The normalized spacial score (nSPS) is 16.2. The van der Waals surface area contributed by atoms with E-state index in [1.54, 1.807) is 4.90 Å². The molecule has 6 nitrogen and oxygen atoms in total. The van der Waals surface area contributed by atoms with Gasteiger partial charge in [-0.1, -0.05) is 13.3 Å². The summed E-state index contributed by atoms with van der Waals surface area (Å²) in [7, 11) is 1.49. The van der Waals surface area contributed by atoms with Crippen molar-refractivity contribution in [2.75, 3.05) is 33.4 Å². The lowest BCUT2D eigenvalue weighted by molar-refractivity contribution is -0.125. The van der Waals surface area contributed by atoms with Crippen LogP contribution in [-0.2, 0) is 14.3 Å². The second-order valence-corrected chi connectivity index (χ2v) is 4.73. The Morgan fingerprint density at radius 2 is 2.00 bits per heavy atom. The fraction of sp³-hybridized carbons (Fsp3) is 0.846. The maximum atomic E-state index is 11.7. The van der Waals surface area contributed by atoms with Crippen molar-refractivity contribution in [1.29, 1.82) is 0 Å². The molecule has 0 aliphatic carbocycles. The van der Waals surface area contributed by atoms with Gasteiger partial charge in [0.2, 0.25) is 5.91 Å². The fourth-order valence-electron chi connectivity index (χ4n) is 2.00. The Morgan fingerprint density at radius 3 is 2.58 bits per heavy atom. The number of nitrogens with zero attached hydrogens (tertiary/aromatic N) is 1. The van der Waals surface area contributed by atoms with Crippen molar-refractivity contribution in [3.8, 4) is 0 Å². The minimum Gasteiger partial charge on any atom is -0.449 e. The lowest BCUT2D eigenvalue weighted by atomic mass is 10.1. The fourth-order valence-corrected chi connectivity index (χ4v) is 2.00. The van der Waals surface area contributed by atoms with Crippen LogP contribution >= 0.6 is 0 Å². The minimum atomic E-state index is -0.241. The first kappa shape index (κ1) is 15.8. The molecule has 110 valence electrons.